The molecule has 96 valence electrons. The van der Waals surface area contributed by atoms with Gasteiger partial charge in [0.25, 0.3) is 0 Å². The zero-order valence-corrected chi connectivity index (χ0v) is 11.3. The van der Waals surface area contributed by atoms with E-state index in [2.05, 4.69) is 35.4 Å². The van der Waals surface area contributed by atoms with Gasteiger partial charge in [0.2, 0.25) is 0 Å². The van der Waals surface area contributed by atoms with Crippen molar-refractivity contribution in [2.75, 3.05) is 14.1 Å². The molecule has 1 aliphatic rings. The summed E-state index contributed by atoms with van der Waals surface area (Å²) in [5, 5.41) is 3.42. The van der Waals surface area contributed by atoms with Crippen LogP contribution in [-0.2, 0) is 5.54 Å². The lowest BCUT2D eigenvalue weighted by Crippen LogP contribution is -2.24. The molecule has 2 rings (SSSR count). The third-order valence-corrected chi connectivity index (χ3v) is 3.78. The van der Waals surface area contributed by atoms with Crippen molar-refractivity contribution in [2.45, 2.75) is 25.3 Å². The van der Waals surface area contributed by atoms with Crippen molar-refractivity contribution in [3.63, 3.8) is 0 Å². The summed E-state index contributed by atoms with van der Waals surface area (Å²) in [7, 11) is 3.79. The van der Waals surface area contributed by atoms with E-state index < -0.39 is 0 Å². The second-order valence-electron chi connectivity index (χ2n) is 4.87. The summed E-state index contributed by atoms with van der Waals surface area (Å²) in [5.41, 5.74) is 10.6. The van der Waals surface area contributed by atoms with Crippen LogP contribution in [0.1, 0.15) is 29.5 Å². The van der Waals surface area contributed by atoms with Crippen molar-refractivity contribution in [2.24, 2.45) is 10.7 Å². The lowest BCUT2D eigenvalue weighted by molar-refractivity contribution is 0.585. The Bertz CT molecular complexity index is 496. The highest BCUT2D eigenvalue weighted by molar-refractivity contribution is 6.10. The van der Waals surface area contributed by atoms with E-state index >= 15 is 0 Å². The molecule has 1 saturated carbocycles. The van der Waals surface area contributed by atoms with Crippen LogP contribution in [0.5, 0.6) is 0 Å². The minimum absolute atomic E-state index is 0.186. The maximum Gasteiger partial charge on any atom is 0.0434 e. The fraction of sp³-hybridized carbons (Fsp3) is 0.400. The van der Waals surface area contributed by atoms with Gasteiger partial charge in [-0.2, -0.15) is 0 Å². The van der Waals surface area contributed by atoms with Gasteiger partial charge in [-0.05, 0) is 49.6 Å². The second-order valence-corrected chi connectivity index (χ2v) is 4.87. The second kappa shape index (κ2) is 4.94. The monoisotopic (exact) mass is 243 g/mol. The molecule has 3 heteroatoms. The fourth-order valence-electron chi connectivity index (χ4n) is 2.38. The number of aliphatic imine (C=N–C) groups is 1. The smallest absolute Gasteiger partial charge is 0.0434 e. The summed E-state index contributed by atoms with van der Waals surface area (Å²) in [6.45, 7) is 2.10. The molecule has 1 aliphatic carbocycles. The van der Waals surface area contributed by atoms with E-state index in [0.29, 0.717) is 0 Å². The summed E-state index contributed by atoms with van der Waals surface area (Å²) in [5.74, 6) is 0. The van der Waals surface area contributed by atoms with E-state index in [1.54, 1.807) is 13.2 Å². The van der Waals surface area contributed by atoms with Crippen LogP contribution in [0.25, 0.3) is 5.57 Å². The van der Waals surface area contributed by atoms with Crippen molar-refractivity contribution in [1.29, 1.82) is 0 Å². The Balaban J connectivity index is 2.45. The van der Waals surface area contributed by atoms with Crippen LogP contribution < -0.4 is 11.1 Å². The lowest BCUT2D eigenvalue weighted by Gasteiger charge is -2.17. The molecule has 0 amide bonds. The molecule has 0 bridgehead atoms. The zero-order valence-electron chi connectivity index (χ0n) is 11.3. The molecule has 1 aromatic carbocycles. The molecular weight excluding hydrogens is 222 g/mol. The molecule has 3 N–H and O–H groups in total. The molecule has 0 aliphatic heterocycles. The van der Waals surface area contributed by atoms with Crippen molar-refractivity contribution < 1.29 is 0 Å². The molecule has 0 saturated heterocycles. The van der Waals surface area contributed by atoms with Crippen LogP contribution in [-0.4, -0.2) is 20.3 Å². The number of hydrogen-bond acceptors (Lipinski definition) is 3. The lowest BCUT2D eigenvalue weighted by atomic mass is 9.95. The maximum atomic E-state index is 5.70. The predicted octanol–water partition coefficient (Wildman–Crippen LogP) is 2.20. The molecule has 1 aromatic rings. The van der Waals surface area contributed by atoms with Crippen molar-refractivity contribution in [3.8, 4) is 0 Å². The Morgan fingerprint density at radius 2 is 2.17 bits per heavy atom. The number of aryl methyl sites for hydroxylation is 1. The summed E-state index contributed by atoms with van der Waals surface area (Å²) in [6.07, 6.45) is 5.84. The first-order valence-electron chi connectivity index (χ1n) is 6.31. The first-order chi connectivity index (χ1) is 8.66. The predicted molar refractivity (Wildman–Crippen MR) is 77.7 cm³/mol. The minimum Gasteiger partial charge on any atom is -0.404 e. The fourth-order valence-corrected chi connectivity index (χ4v) is 2.38. The topological polar surface area (TPSA) is 50.4 Å². The van der Waals surface area contributed by atoms with Crippen LogP contribution >= 0.6 is 0 Å². The van der Waals surface area contributed by atoms with Crippen molar-refractivity contribution in [1.82, 2.24) is 5.32 Å². The maximum absolute atomic E-state index is 5.70. The Morgan fingerprint density at radius 1 is 1.44 bits per heavy atom. The van der Waals surface area contributed by atoms with Gasteiger partial charge >= 0.3 is 0 Å². The standard InChI is InChI=1S/C15H21N3/c1-11-4-5-13(15(18-3)6-7-15)8-14(11)12(9-16)10-17-2/h4-5,8-10,18H,6-7,16H2,1-3H3/b12-9+,17-10?. The van der Waals surface area contributed by atoms with Gasteiger partial charge in [-0.25, -0.2) is 0 Å². The van der Waals surface area contributed by atoms with Crippen LogP contribution in [0.3, 0.4) is 0 Å². The van der Waals surface area contributed by atoms with Gasteiger partial charge in [0.1, 0.15) is 0 Å². The van der Waals surface area contributed by atoms with Crippen LogP contribution in [0, 0.1) is 6.92 Å². The summed E-state index contributed by atoms with van der Waals surface area (Å²) in [4.78, 5) is 4.06. The highest BCUT2D eigenvalue weighted by Crippen LogP contribution is 2.45. The van der Waals surface area contributed by atoms with Crippen molar-refractivity contribution in [3.05, 3.63) is 41.1 Å². The van der Waals surface area contributed by atoms with Gasteiger partial charge in [-0.1, -0.05) is 12.1 Å². The largest absolute Gasteiger partial charge is 0.404 e. The van der Waals surface area contributed by atoms with Crippen LogP contribution in [0.2, 0.25) is 0 Å². The van der Waals surface area contributed by atoms with Gasteiger partial charge in [-0.15, -0.1) is 0 Å². The van der Waals surface area contributed by atoms with Gasteiger partial charge < -0.3 is 11.1 Å². The third kappa shape index (κ3) is 2.18. The average Bonchev–Trinajstić information content (AvgIpc) is 3.18. The van der Waals surface area contributed by atoms with E-state index in [0.717, 1.165) is 5.57 Å². The van der Waals surface area contributed by atoms with Crippen LogP contribution in [0.4, 0.5) is 0 Å². The number of nitrogens with two attached hydrogens (primary N) is 1. The number of nitrogens with zero attached hydrogens (tertiary/aromatic N) is 1. The molecular formula is C15H21N3. The van der Waals surface area contributed by atoms with E-state index in [9.17, 15) is 0 Å². The quantitative estimate of drug-likeness (QED) is 0.797. The molecule has 18 heavy (non-hydrogen) atoms. The molecule has 0 aromatic heterocycles. The number of allylic oxidation sites excluding steroid dienone is 1. The normalized spacial score (nSPS) is 18.3. The van der Waals surface area contributed by atoms with Crippen molar-refractivity contribution >= 4 is 11.8 Å². The molecule has 3 nitrogen and oxygen atoms in total. The molecule has 0 unspecified atom stereocenters. The highest BCUT2D eigenvalue weighted by Gasteiger charge is 2.42. The molecule has 0 radical (unpaired) electrons. The van der Waals surface area contributed by atoms with E-state index in [4.69, 9.17) is 5.73 Å². The van der Waals surface area contributed by atoms with Gasteiger partial charge in [0.15, 0.2) is 0 Å². The van der Waals surface area contributed by atoms with Crippen LogP contribution in [0.15, 0.2) is 29.4 Å². The number of hydrogen-bond donors (Lipinski definition) is 2. The Kier molecular flexibility index (Phi) is 3.53. The molecule has 0 spiro atoms. The summed E-state index contributed by atoms with van der Waals surface area (Å²) in [6, 6.07) is 6.61. The first kappa shape index (κ1) is 12.8. The summed E-state index contributed by atoms with van der Waals surface area (Å²) < 4.78 is 0. The van der Waals surface area contributed by atoms with Gasteiger partial charge in [0, 0.05) is 30.6 Å². The summed E-state index contributed by atoms with van der Waals surface area (Å²) >= 11 is 0. The highest BCUT2D eigenvalue weighted by atomic mass is 15.0. The SMILES string of the molecule is CN=C/C(=C\N)c1cc(C2(NC)CC2)ccc1C. The molecule has 0 atom stereocenters. The number of rotatable bonds is 4. The Hall–Kier alpha value is -1.61. The molecule has 1 fully saturated rings. The first-order valence-corrected chi connectivity index (χ1v) is 6.31. The zero-order chi connectivity index (χ0) is 13.2. The number of benzene rings is 1. The van der Waals surface area contributed by atoms with Gasteiger partial charge in [0.05, 0.1) is 0 Å². The Morgan fingerprint density at radius 3 is 2.67 bits per heavy atom. The van der Waals surface area contributed by atoms with E-state index in [-0.39, 0.29) is 5.54 Å². The average molecular weight is 243 g/mol. The number of nitrogens with one attached hydrogen (secondary N) is 1. The third-order valence-electron chi connectivity index (χ3n) is 3.78. The van der Waals surface area contributed by atoms with E-state index in [1.165, 1.54) is 29.5 Å². The van der Waals surface area contributed by atoms with Gasteiger partial charge in [-0.3, -0.25) is 4.99 Å². The Labute approximate surface area is 109 Å². The molecule has 0 heterocycles. The minimum atomic E-state index is 0.186. The van der Waals surface area contributed by atoms with E-state index in [1.807, 2.05) is 13.3 Å².